The number of carbonyl (C=O) groups is 3. The number of hydrogen-bond donors (Lipinski definition) is 1. The predicted octanol–water partition coefficient (Wildman–Crippen LogP) is 2.61. The monoisotopic (exact) mass is 303 g/mol. The van der Waals surface area contributed by atoms with Gasteiger partial charge in [-0.2, -0.15) is 0 Å². The fourth-order valence-corrected chi connectivity index (χ4v) is 2.84. The molecule has 22 heavy (non-hydrogen) atoms. The molecule has 5 nitrogen and oxygen atoms in total. The SMILES string of the molecule is CC(=O)c1ccc(C(=O)N2CCC[C@H](CCC(=O)O)C2)cc1. The molecule has 118 valence electrons. The van der Waals surface area contributed by atoms with Crippen LogP contribution in [0.3, 0.4) is 0 Å². The molecular formula is C17H21NO4. The lowest BCUT2D eigenvalue weighted by atomic mass is 9.93. The first-order valence-corrected chi connectivity index (χ1v) is 7.59. The summed E-state index contributed by atoms with van der Waals surface area (Å²) in [6.45, 7) is 2.81. The second-order valence-corrected chi connectivity index (χ2v) is 5.83. The van der Waals surface area contributed by atoms with Crippen molar-refractivity contribution in [2.75, 3.05) is 13.1 Å². The molecular weight excluding hydrogens is 282 g/mol. The molecule has 0 aromatic heterocycles. The number of nitrogens with zero attached hydrogens (tertiary/aromatic N) is 1. The van der Waals surface area contributed by atoms with Crippen LogP contribution in [-0.2, 0) is 4.79 Å². The zero-order chi connectivity index (χ0) is 16.1. The third-order valence-corrected chi connectivity index (χ3v) is 4.11. The average molecular weight is 303 g/mol. The normalized spacial score (nSPS) is 18.0. The highest BCUT2D eigenvalue weighted by atomic mass is 16.4. The predicted molar refractivity (Wildman–Crippen MR) is 81.9 cm³/mol. The van der Waals surface area contributed by atoms with Gasteiger partial charge in [-0.3, -0.25) is 14.4 Å². The van der Waals surface area contributed by atoms with Crippen LogP contribution in [0.1, 0.15) is 53.3 Å². The van der Waals surface area contributed by atoms with Crippen LogP contribution in [0, 0.1) is 5.92 Å². The van der Waals surface area contributed by atoms with E-state index in [2.05, 4.69) is 0 Å². The van der Waals surface area contributed by atoms with Gasteiger partial charge in [0.05, 0.1) is 0 Å². The molecule has 1 aromatic rings. The lowest BCUT2D eigenvalue weighted by Crippen LogP contribution is -2.40. The van der Waals surface area contributed by atoms with Crippen molar-refractivity contribution in [2.45, 2.75) is 32.6 Å². The molecule has 0 saturated carbocycles. The van der Waals surface area contributed by atoms with Crippen LogP contribution in [0.4, 0.5) is 0 Å². The van der Waals surface area contributed by atoms with Crippen molar-refractivity contribution >= 4 is 17.7 Å². The van der Waals surface area contributed by atoms with Crippen molar-refractivity contribution < 1.29 is 19.5 Å². The van der Waals surface area contributed by atoms with E-state index in [-0.39, 0.29) is 24.0 Å². The zero-order valence-electron chi connectivity index (χ0n) is 12.7. The maximum absolute atomic E-state index is 12.5. The Kier molecular flexibility index (Phi) is 5.31. The lowest BCUT2D eigenvalue weighted by molar-refractivity contribution is -0.137. The van der Waals surface area contributed by atoms with Gasteiger partial charge in [-0.1, -0.05) is 12.1 Å². The summed E-state index contributed by atoms with van der Waals surface area (Å²) in [6, 6.07) is 6.70. The number of Topliss-reactive ketones (excluding diaryl/α,β-unsaturated/α-hetero) is 1. The molecule has 1 saturated heterocycles. The minimum Gasteiger partial charge on any atom is -0.481 e. The second-order valence-electron chi connectivity index (χ2n) is 5.83. The van der Waals surface area contributed by atoms with E-state index in [1.807, 2.05) is 0 Å². The van der Waals surface area contributed by atoms with Crippen molar-refractivity contribution in [1.82, 2.24) is 4.90 Å². The summed E-state index contributed by atoms with van der Waals surface area (Å²) < 4.78 is 0. The first-order chi connectivity index (χ1) is 10.5. The number of piperidine rings is 1. The van der Waals surface area contributed by atoms with E-state index in [0.29, 0.717) is 30.6 Å². The van der Waals surface area contributed by atoms with Gasteiger partial charge in [-0.25, -0.2) is 0 Å². The summed E-state index contributed by atoms with van der Waals surface area (Å²) in [6.07, 6.45) is 2.64. The molecule has 0 aliphatic carbocycles. The maximum Gasteiger partial charge on any atom is 0.303 e. The number of aliphatic carboxylic acids is 1. The van der Waals surface area contributed by atoms with Gasteiger partial charge in [0.2, 0.25) is 0 Å². The van der Waals surface area contributed by atoms with Gasteiger partial charge in [0.1, 0.15) is 0 Å². The second kappa shape index (κ2) is 7.20. The van der Waals surface area contributed by atoms with E-state index in [0.717, 1.165) is 12.8 Å². The molecule has 2 rings (SSSR count). The van der Waals surface area contributed by atoms with E-state index in [1.165, 1.54) is 6.92 Å². The van der Waals surface area contributed by atoms with Crippen molar-refractivity contribution in [3.8, 4) is 0 Å². The first kappa shape index (κ1) is 16.2. The number of ketones is 1. The third kappa shape index (κ3) is 4.16. The molecule has 0 spiro atoms. The molecule has 1 N–H and O–H groups in total. The molecule has 1 aliphatic heterocycles. The fraction of sp³-hybridized carbons (Fsp3) is 0.471. The molecule has 1 aromatic carbocycles. The van der Waals surface area contributed by atoms with Crippen LogP contribution < -0.4 is 0 Å². The number of hydrogen-bond acceptors (Lipinski definition) is 3. The van der Waals surface area contributed by atoms with Crippen molar-refractivity contribution in [2.24, 2.45) is 5.92 Å². The Bertz CT molecular complexity index is 565. The Morgan fingerprint density at radius 2 is 1.82 bits per heavy atom. The third-order valence-electron chi connectivity index (χ3n) is 4.11. The summed E-state index contributed by atoms with van der Waals surface area (Å²) in [4.78, 5) is 36.2. The number of carbonyl (C=O) groups excluding carboxylic acids is 2. The standard InChI is InChI=1S/C17H21NO4/c1-12(19)14-5-7-15(8-6-14)17(22)18-10-2-3-13(11-18)4-9-16(20)21/h5-8,13H,2-4,9-11H2,1H3,(H,20,21)/t13-/m1/s1. The lowest BCUT2D eigenvalue weighted by Gasteiger charge is -2.32. The fourth-order valence-electron chi connectivity index (χ4n) is 2.84. The number of carboxylic acids is 1. The minimum absolute atomic E-state index is 0.0225. The highest BCUT2D eigenvalue weighted by Gasteiger charge is 2.24. The molecule has 1 fully saturated rings. The average Bonchev–Trinajstić information content (AvgIpc) is 2.52. The van der Waals surface area contributed by atoms with Gasteiger partial charge in [0.15, 0.2) is 5.78 Å². The molecule has 5 heteroatoms. The van der Waals surface area contributed by atoms with Crippen molar-refractivity contribution in [1.29, 1.82) is 0 Å². The van der Waals surface area contributed by atoms with Crippen LogP contribution in [-0.4, -0.2) is 40.8 Å². The highest BCUT2D eigenvalue weighted by Crippen LogP contribution is 2.22. The molecule has 0 bridgehead atoms. The van der Waals surface area contributed by atoms with Gasteiger partial charge in [0.25, 0.3) is 5.91 Å². The van der Waals surface area contributed by atoms with Gasteiger partial charge < -0.3 is 10.0 Å². The Morgan fingerprint density at radius 3 is 2.41 bits per heavy atom. The number of amides is 1. The van der Waals surface area contributed by atoms with E-state index in [1.54, 1.807) is 29.2 Å². The maximum atomic E-state index is 12.5. The quantitative estimate of drug-likeness (QED) is 0.848. The molecule has 1 heterocycles. The Hall–Kier alpha value is -2.17. The molecule has 1 aliphatic rings. The summed E-state index contributed by atoms with van der Waals surface area (Å²) in [5.74, 6) is -0.602. The van der Waals surface area contributed by atoms with Gasteiger partial charge in [-0.05, 0) is 44.2 Å². The molecule has 1 amide bonds. The number of likely N-dealkylation sites (tertiary alicyclic amines) is 1. The van der Waals surface area contributed by atoms with Crippen molar-refractivity contribution in [3.63, 3.8) is 0 Å². The largest absolute Gasteiger partial charge is 0.481 e. The minimum atomic E-state index is -0.789. The van der Waals surface area contributed by atoms with Gasteiger partial charge in [-0.15, -0.1) is 0 Å². The Morgan fingerprint density at radius 1 is 1.18 bits per heavy atom. The van der Waals surface area contributed by atoms with E-state index in [4.69, 9.17) is 5.11 Å². The first-order valence-electron chi connectivity index (χ1n) is 7.59. The van der Waals surface area contributed by atoms with Crippen LogP contribution >= 0.6 is 0 Å². The summed E-state index contributed by atoms with van der Waals surface area (Å²) >= 11 is 0. The van der Waals surface area contributed by atoms with E-state index in [9.17, 15) is 14.4 Å². The summed E-state index contributed by atoms with van der Waals surface area (Å²) in [5, 5.41) is 8.76. The number of rotatable bonds is 5. The van der Waals surface area contributed by atoms with Gasteiger partial charge in [0, 0.05) is 30.6 Å². The summed E-state index contributed by atoms with van der Waals surface area (Å²) in [5.41, 5.74) is 1.17. The molecule has 0 radical (unpaired) electrons. The van der Waals surface area contributed by atoms with Gasteiger partial charge >= 0.3 is 5.97 Å². The van der Waals surface area contributed by atoms with Crippen molar-refractivity contribution in [3.05, 3.63) is 35.4 Å². The van der Waals surface area contributed by atoms with E-state index < -0.39 is 5.97 Å². The highest BCUT2D eigenvalue weighted by molar-refractivity contribution is 5.97. The number of carboxylic acid groups (broad SMARTS) is 1. The summed E-state index contributed by atoms with van der Waals surface area (Å²) in [7, 11) is 0. The Labute approximate surface area is 129 Å². The topological polar surface area (TPSA) is 74.7 Å². The van der Waals surface area contributed by atoms with Crippen LogP contribution in [0.25, 0.3) is 0 Å². The van der Waals surface area contributed by atoms with Crippen LogP contribution in [0.15, 0.2) is 24.3 Å². The number of benzene rings is 1. The van der Waals surface area contributed by atoms with Crippen LogP contribution in [0.2, 0.25) is 0 Å². The molecule has 0 unspecified atom stereocenters. The van der Waals surface area contributed by atoms with E-state index >= 15 is 0 Å². The zero-order valence-corrected chi connectivity index (χ0v) is 12.7. The molecule has 1 atom stereocenters. The van der Waals surface area contributed by atoms with Crippen LogP contribution in [0.5, 0.6) is 0 Å². The Balaban J connectivity index is 1.99. The smallest absolute Gasteiger partial charge is 0.303 e.